The number of hydrogen-bond acceptors (Lipinski definition) is 8. The van der Waals surface area contributed by atoms with Crippen molar-refractivity contribution in [2.24, 2.45) is 0 Å². The van der Waals surface area contributed by atoms with Gasteiger partial charge in [0, 0.05) is 22.3 Å². The topological polar surface area (TPSA) is 127 Å². The minimum absolute atomic E-state index is 0.112. The zero-order valence-electron chi connectivity index (χ0n) is 15.3. The molecule has 30 heavy (non-hydrogen) atoms. The van der Waals surface area contributed by atoms with Gasteiger partial charge in [-0.3, -0.25) is 19.4 Å². The first-order valence-corrected chi connectivity index (χ1v) is 8.57. The summed E-state index contributed by atoms with van der Waals surface area (Å²) in [4.78, 5) is 58.3. The largest absolute Gasteiger partial charge is 0.373 e. The SMILES string of the molecule is O=C(OO)c1ccc(C(=O)OO)c(C(=O)c2ccccc2)c1C(=O)c1ccccc1. The fourth-order valence-corrected chi connectivity index (χ4v) is 2.98. The Balaban J connectivity index is 2.37. The summed E-state index contributed by atoms with van der Waals surface area (Å²) in [5.41, 5.74) is -1.61. The van der Waals surface area contributed by atoms with Crippen LogP contribution in [-0.2, 0) is 9.78 Å². The van der Waals surface area contributed by atoms with Gasteiger partial charge >= 0.3 is 11.9 Å². The van der Waals surface area contributed by atoms with Crippen LogP contribution >= 0.6 is 0 Å². The van der Waals surface area contributed by atoms with Gasteiger partial charge in [0.2, 0.25) is 0 Å². The highest BCUT2D eigenvalue weighted by Gasteiger charge is 2.32. The number of rotatable bonds is 6. The van der Waals surface area contributed by atoms with E-state index in [0.717, 1.165) is 12.1 Å². The van der Waals surface area contributed by atoms with Crippen molar-refractivity contribution < 1.29 is 39.5 Å². The van der Waals surface area contributed by atoms with Gasteiger partial charge < -0.3 is 0 Å². The molecule has 0 saturated heterocycles. The molecule has 150 valence electrons. The molecule has 0 radical (unpaired) electrons. The van der Waals surface area contributed by atoms with Crippen LogP contribution in [0.5, 0.6) is 0 Å². The van der Waals surface area contributed by atoms with Gasteiger partial charge in [0.1, 0.15) is 0 Å². The minimum atomic E-state index is -1.31. The molecular formula is C22H14O8. The molecule has 3 aromatic rings. The molecule has 0 aromatic heterocycles. The van der Waals surface area contributed by atoms with Crippen LogP contribution in [0.25, 0.3) is 0 Å². The van der Waals surface area contributed by atoms with Crippen LogP contribution < -0.4 is 0 Å². The van der Waals surface area contributed by atoms with Gasteiger partial charge in [0.15, 0.2) is 11.6 Å². The Morgan fingerprint density at radius 2 is 0.867 bits per heavy atom. The number of benzene rings is 3. The predicted molar refractivity (Wildman–Crippen MR) is 102 cm³/mol. The number of ketones is 2. The van der Waals surface area contributed by atoms with E-state index in [4.69, 9.17) is 10.5 Å². The van der Waals surface area contributed by atoms with Gasteiger partial charge in [-0.15, -0.1) is 0 Å². The Bertz CT molecular complexity index is 1030. The molecule has 0 bridgehead atoms. The second-order valence-corrected chi connectivity index (χ2v) is 6.06. The van der Waals surface area contributed by atoms with Crippen LogP contribution in [0, 0.1) is 0 Å². The molecule has 0 amide bonds. The normalized spacial score (nSPS) is 10.2. The highest BCUT2D eigenvalue weighted by atomic mass is 17.1. The molecule has 0 spiro atoms. The third-order valence-corrected chi connectivity index (χ3v) is 4.34. The lowest BCUT2D eigenvalue weighted by atomic mass is 9.86. The number of carbonyl (C=O) groups excluding carboxylic acids is 4. The zero-order valence-corrected chi connectivity index (χ0v) is 15.3. The van der Waals surface area contributed by atoms with Gasteiger partial charge in [0.25, 0.3) is 0 Å². The van der Waals surface area contributed by atoms with Crippen molar-refractivity contribution in [1.29, 1.82) is 0 Å². The van der Waals surface area contributed by atoms with E-state index in [2.05, 4.69) is 9.78 Å². The maximum Gasteiger partial charge on any atom is 0.373 e. The summed E-state index contributed by atoms with van der Waals surface area (Å²) in [5.74, 6) is -4.16. The van der Waals surface area contributed by atoms with Crippen molar-refractivity contribution in [3.8, 4) is 0 Å². The van der Waals surface area contributed by atoms with Gasteiger partial charge in [-0.25, -0.2) is 9.59 Å². The Labute approximate surface area is 169 Å². The van der Waals surface area contributed by atoms with Crippen molar-refractivity contribution in [3.05, 3.63) is 106 Å². The third-order valence-electron chi connectivity index (χ3n) is 4.34. The first kappa shape index (κ1) is 20.6. The molecular weight excluding hydrogens is 392 g/mol. The second-order valence-electron chi connectivity index (χ2n) is 6.06. The highest BCUT2D eigenvalue weighted by molar-refractivity contribution is 6.25. The molecule has 8 heteroatoms. The lowest BCUT2D eigenvalue weighted by Gasteiger charge is -2.15. The summed E-state index contributed by atoms with van der Waals surface area (Å²) < 4.78 is 0. The zero-order chi connectivity index (χ0) is 21.7. The van der Waals surface area contributed by atoms with E-state index in [1.165, 1.54) is 24.3 Å². The fourth-order valence-electron chi connectivity index (χ4n) is 2.98. The number of hydrogen-bond donors (Lipinski definition) is 2. The van der Waals surface area contributed by atoms with Crippen molar-refractivity contribution in [2.45, 2.75) is 0 Å². The molecule has 3 aromatic carbocycles. The smallest absolute Gasteiger partial charge is 0.295 e. The Morgan fingerprint density at radius 1 is 0.533 bits per heavy atom. The summed E-state index contributed by atoms with van der Waals surface area (Å²) in [6.07, 6.45) is 0. The van der Waals surface area contributed by atoms with Crippen molar-refractivity contribution in [3.63, 3.8) is 0 Å². The van der Waals surface area contributed by atoms with E-state index in [-0.39, 0.29) is 11.1 Å². The Morgan fingerprint density at radius 3 is 1.17 bits per heavy atom. The molecule has 8 nitrogen and oxygen atoms in total. The minimum Gasteiger partial charge on any atom is -0.295 e. The van der Waals surface area contributed by atoms with Crippen LogP contribution in [-0.4, -0.2) is 34.0 Å². The second kappa shape index (κ2) is 8.91. The number of carbonyl (C=O) groups is 4. The Hall–Kier alpha value is -4.14. The average molecular weight is 406 g/mol. The molecule has 2 N–H and O–H groups in total. The van der Waals surface area contributed by atoms with Crippen LogP contribution in [0.4, 0.5) is 0 Å². The molecule has 0 aliphatic heterocycles. The average Bonchev–Trinajstić information content (AvgIpc) is 2.82. The van der Waals surface area contributed by atoms with E-state index in [0.29, 0.717) is 0 Å². The maximum atomic E-state index is 13.3. The molecule has 3 rings (SSSR count). The summed E-state index contributed by atoms with van der Waals surface area (Å²) in [7, 11) is 0. The van der Waals surface area contributed by atoms with E-state index >= 15 is 0 Å². The van der Waals surface area contributed by atoms with E-state index in [1.54, 1.807) is 36.4 Å². The molecule has 0 saturated carbocycles. The molecule has 0 atom stereocenters. The molecule has 0 aliphatic carbocycles. The lowest BCUT2D eigenvalue weighted by Crippen LogP contribution is -2.21. The van der Waals surface area contributed by atoms with E-state index in [1.807, 2.05) is 0 Å². The van der Waals surface area contributed by atoms with Crippen molar-refractivity contribution in [1.82, 2.24) is 0 Å². The van der Waals surface area contributed by atoms with Crippen LogP contribution in [0.2, 0.25) is 0 Å². The third kappa shape index (κ3) is 3.86. The van der Waals surface area contributed by atoms with Crippen LogP contribution in [0.1, 0.15) is 52.6 Å². The monoisotopic (exact) mass is 406 g/mol. The van der Waals surface area contributed by atoms with Crippen molar-refractivity contribution >= 4 is 23.5 Å². The quantitative estimate of drug-likeness (QED) is 0.362. The lowest BCUT2D eigenvalue weighted by molar-refractivity contribution is -0.183. The molecule has 0 aliphatic rings. The van der Waals surface area contributed by atoms with E-state index in [9.17, 15) is 19.2 Å². The maximum absolute atomic E-state index is 13.3. The van der Waals surface area contributed by atoms with Gasteiger partial charge in [-0.05, 0) is 12.1 Å². The summed E-state index contributed by atoms with van der Waals surface area (Å²) >= 11 is 0. The fraction of sp³-hybridized carbons (Fsp3) is 0. The van der Waals surface area contributed by atoms with Crippen LogP contribution in [0.15, 0.2) is 72.8 Å². The van der Waals surface area contributed by atoms with Gasteiger partial charge in [0.05, 0.1) is 11.1 Å². The first-order valence-electron chi connectivity index (χ1n) is 8.57. The molecule has 0 fully saturated rings. The Kier molecular flexibility index (Phi) is 6.11. The van der Waals surface area contributed by atoms with Crippen LogP contribution in [0.3, 0.4) is 0 Å². The highest BCUT2D eigenvalue weighted by Crippen LogP contribution is 2.27. The summed E-state index contributed by atoms with van der Waals surface area (Å²) in [6, 6.07) is 17.4. The first-order chi connectivity index (χ1) is 14.5. The predicted octanol–water partition coefficient (Wildman–Crippen LogP) is 3.41. The van der Waals surface area contributed by atoms with Crippen molar-refractivity contribution in [2.75, 3.05) is 0 Å². The molecule has 0 heterocycles. The van der Waals surface area contributed by atoms with Gasteiger partial charge in [-0.1, -0.05) is 60.7 Å². The standard InChI is InChI=1S/C22H14O8/c23-19(13-7-3-1-4-8-13)17-15(21(25)29-27)11-12-16(22(26)30-28)18(17)20(24)14-9-5-2-6-10-14/h1-12,27-28H. The molecule has 0 unspecified atom stereocenters. The van der Waals surface area contributed by atoms with E-state index < -0.39 is 45.8 Å². The summed E-state index contributed by atoms with van der Waals surface area (Å²) in [6.45, 7) is 0. The summed E-state index contributed by atoms with van der Waals surface area (Å²) in [5, 5.41) is 17.7. The van der Waals surface area contributed by atoms with Gasteiger partial charge in [-0.2, -0.15) is 10.5 Å².